The Morgan fingerprint density at radius 1 is 0.900 bits per heavy atom. The number of benzene rings is 3. The van der Waals surface area contributed by atoms with Crippen LogP contribution < -0.4 is 4.90 Å². The standard InChI is InChI=1S/C24H18ClNO4/c1-15-6-5-7-17(14-15)21-29-23(28)24(30-21)20(16-10-12-18(25)13-11-16)26(22(24)27)19-8-3-2-4-9-19/h2-14,20-21H,1H3/t20-,21-,24-/m0/s1. The summed E-state index contributed by atoms with van der Waals surface area (Å²) < 4.78 is 11.7. The number of cyclic esters (lactones) is 1. The Hall–Kier alpha value is -3.15. The second-order valence-corrected chi connectivity index (χ2v) is 7.91. The zero-order chi connectivity index (χ0) is 20.9. The van der Waals surface area contributed by atoms with Crippen molar-refractivity contribution in [1.29, 1.82) is 0 Å². The van der Waals surface area contributed by atoms with Gasteiger partial charge in [0, 0.05) is 16.3 Å². The number of para-hydroxylation sites is 1. The Balaban J connectivity index is 1.58. The van der Waals surface area contributed by atoms with Crippen molar-refractivity contribution in [2.24, 2.45) is 0 Å². The third-order valence-electron chi connectivity index (χ3n) is 5.52. The smallest absolute Gasteiger partial charge is 0.353 e. The van der Waals surface area contributed by atoms with Crippen LogP contribution in [0.3, 0.4) is 0 Å². The highest BCUT2D eigenvalue weighted by molar-refractivity contribution is 6.30. The number of halogens is 1. The van der Waals surface area contributed by atoms with Crippen molar-refractivity contribution < 1.29 is 19.1 Å². The first-order valence-electron chi connectivity index (χ1n) is 9.60. The fourth-order valence-corrected chi connectivity index (χ4v) is 4.23. The lowest BCUT2D eigenvalue weighted by Crippen LogP contribution is -2.71. The first kappa shape index (κ1) is 18.9. The first-order chi connectivity index (χ1) is 14.5. The average molecular weight is 420 g/mol. The number of ether oxygens (including phenoxy) is 2. The first-order valence-corrected chi connectivity index (χ1v) is 9.98. The molecule has 2 saturated heterocycles. The molecular weight excluding hydrogens is 402 g/mol. The number of amides is 1. The molecule has 3 atom stereocenters. The van der Waals surface area contributed by atoms with Gasteiger partial charge in [-0.05, 0) is 42.8 Å². The molecule has 5 nitrogen and oxygen atoms in total. The van der Waals surface area contributed by atoms with Gasteiger partial charge in [-0.3, -0.25) is 9.69 Å². The Morgan fingerprint density at radius 2 is 1.63 bits per heavy atom. The molecule has 1 spiro atoms. The van der Waals surface area contributed by atoms with Crippen LogP contribution in [0.1, 0.15) is 29.0 Å². The van der Waals surface area contributed by atoms with Crippen LogP contribution in [-0.4, -0.2) is 17.5 Å². The zero-order valence-electron chi connectivity index (χ0n) is 16.1. The number of carbonyl (C=O) groups is 2. The van der Waals surface area contributed by atoms with Gasteiger partial charge in [0.25, 0.3) is 11.5 Å². The van der Waals surface area contributed by atoms with Crippen LogP contribution >= 0.6 is 11.6 Å². The maximum atomic E-state index is 13.4. The lowest BCUT2D eigenvalue weighted by atomic mass is 9.77. The van der Waals surface area contributed by atoms with Crippen LogP contribution in [0.5, 0.6) is 0 Å². The molecule has 0 aliphatic carbocycles. The third-order valence-corrected chi connectivity index (χ3v) is 5.78. The minimum atomic E-state index is -1.72. The fraction of sp³-hybridized carbons (Fsp3) is 0.167. The summed E-state index contributed by atoms with van der Waals surface area (Å²) in [5, 5.41) is 0.567. The summed E-state index contributed by atoms with van der Waals surface area (Å²) in [6, 6.07) is 23.1. The summed E-state index contributed by atoms with van der Waals surface area (Å²) in [4.78, 5) is 28.0. The van der Waals surface area contributed by atoms with Crippen LogP contribution in [0, 0.1) is 6.92 Å². The minimum absolute atomic E-state index is 0.436. The van der Waals surface area contributed by atoms with E-state index in [0.29, 0.717) is 16.3 Å². The van der Waals surface area contributed by atoms with Gasteiger partial charge in [-0.2, -0.15) is 0 Å². The summed E-state index contributed by atoms with van der Waals surface area (Å²) in [6.07, 6.45) is -0.936. The number of rotatable bonds is 3. The van der Waals surface area contributed by atoms with Gasteiger partial charge >= 0.3 is 5.97 Å². The van der Waals surface area contributed by atoms with E-state index in [4.69, 9.17) is 21.1 Å². The number of nitrogens with zero attached hydrogens (tertiary/aromatic N) is 1. The van der Waals surface area contributed by atoms with Gasteiger partial charge in [0.05, 0.1) is 0 Å². The zero-order valence-corrected chi connectivity index (χ0v) is 16.9. The number of anilines is 1. The van der Waals surface area contributed by atoms with Gasteiger partial charge in [-0.25, -0.2) is 4.79 Å². The van der Waals surface area contributed by atoms with Crippen LogP contribution in [0.2, 0.25) is 5.02 Å². The molecule has 0 N–H and O–H groups in total. The fourth-order valence-electron chi connectivity index (χ4n) is 4.10. The SMILES string of the molecule is Cc1cccc([C@H]2OC(=O)[C@@]3(O2)C(=O)N(c2ccccc2)[C@H]3c2ccc(Cl)cc2)c1. The van der Waals surface area contributed by atoms with Crippen molar-refractivity contribution in [3.05, 3.63) is 101 Å². The molecule has 2 fully saturated rings. The van der Waals surface area contributed by atoms with Gasteiger partial charge in [-0.1, -0.05) is 65.7 Å². The monoisotopic (exact) mass is 419 g/mol. The molecule has 5 rings (SSSR count). The number of hydrogen-bond acceptors (Lipinski definition) is 4. The van der Waals surface area contributed by atoms with E-state index < -0.39 is 29.8 Å². The van der Waals surface area contributed by atoms with E-state index in [2.05, 4.69) is 0 Å². The Kier molecular flexibility index (Phi) is 4.38. The predicted molar refractivity (Wildman–Crippen MR) is 112 cm³/mol. The van der Waals surface area contributed by atoms with E-state index in [1.54, 1.807) is 29.2 Å². The lowest BCUT2D eigenvalue weighted by molar-refractivity contribution is -0.168. The molecule has 6 heteroatoms. The van der Waals surface area contributed by atoms with Crippen molar-refractivity contribution >= 4 is 29.2 Å². The highest BCUT2D eigenvalue weighted by atomic mass is 35.5. The Labute approximate surface area is 178 Å². The molecular formula is C24H18ClNO4. The summed E-state index contributed by atoms with van der Waals surface area (Å²) in [7, 11) is 0. The predicted octanol–water partition coefficient (Wildman–Crippen LogP) is 4.75. The molecule has 2 aliphatic heterocycles. The van der Waals surface area contributed by atoms with Crippen LogP contribution in [-0.2, 0) is 19.1 Å². The molecule has 0 aromatic heterocycles. The second kappa shape index (κ2) is 6.97. The molecule has 2 aliphatic rings. The summed E-state index contributed by atoms with van der Waals surface area (Å²) in [5.74, 6) is -1.11. The van der Waals surface area contributed by atoms with Gasteiger partial charge in [0.15, 0.2) is 0 Å². The minimum Gasteiger partial charge on any atom is -0.429 e. The highest BCUT2D eigenvalue weighted by Crippen LogP contribution is 2.54. The summed E-state index contributed by atoms with van der Waals surface area (Å²) in [6.45, 7) is 1.94. The molecule has 0 bridgehead atoms. The van der Waals surface area contributed by atoms with Crippen LogP contribution in [0.4, 0.5) is 5.69 Å². The normalized spacial score (nSPS) is 25.3. The number of esters is 1. The Morgan fingerprint density at radius 3 is 2.33 bits per heavy atom. The summed E-state index contributed by atoms with van der Waals surface area (Å²) >= 11 is 6.05. The highest BCUT2D eigenvalue weighted by Gasteiger charge is 2.73. The maximum Gasteiger partial charge on any atom is 0.353 e. The van der Waals surface area contributed by atoms with Crippen molar-refractivity contribution in [3.8, 4) is 0 Å². The molecule has 0 saturated carbocycles. The van der Waals surface area contributed by atoms with Crippen LogP contribution in [0.25, 0.3) is 0 Å². The van der Waals surface area contributed by atoms with E-state index >= 15 is 0 Å². The van der Waals surface area contributed by atoms with Gasteiger partial charge in [0.1, 0.15) is 6.04 Å². The largest absolute Gasteiger partial charge is 0.429 e. The number of β-lactam (4-membered cyclic amide) rings is 1. The topological polar surface area (TPSA) is 55.8 Å². The average Bonchev–Trinajstić information content (AvgIpc) is 3.12. The van der Waals surface area contributed by atoms with E-state index in [-0.39, 0.29) is 0 Å². The molecule has 150 valence electrons. The van der Waals surface area contributed by atoms with Crippen molar-refractivity contribution in [2.75, 3.05) is 4.90 Å². The maximum absolute atomic E-state index is 13.4. The third kappa shape index (κ3) is 2.74. The molecule has 3 aromatic rings. The molecule has 2 heterocycles. The van der Waals surface area contributed by atoms with Gasteiger partial charge in [0.2, 0.25) is 6.29 Å². The van der Waals surface area contributed by atoms with Crippen molar-refractivity contribution in [3.63, 3.8) is 0 Å². The number of aryl methyl sites for hydroxylation is 1. The Bertz CT molecular complexity index is 1130. The second-order valence-electron chi connectivity index (χ2n) is 7.47. The lowest BCUT2D eigenvalue weighted by Gasteiger charge is -2.50. The van der Waals surface area contributed by atoms with E-state index in [9.17, 15) is 9.59 Å². The van der Waals surface area contributed by atoms with Gasteiger partial charge in [-0.15, -0.1) is 0 Å². The number of hydrogen-bond donors (Lipinski definition) is 0. The van der Waals surface area contributed by atoms with Crippen molar-refractivity contribution in [1.82, 2.24) is 0 Å². The molecule has 0 unspecified atom stereocenters. The quantitative estimate of drug-likeness (QED) is 0.349. The summed E-state index contributed by atoms with van der Waals surface area (Å²) in [5.41, 5.74) is 1.40. The van der Waals surface area contributed by atoms with E-state index in [0.717, 1.165) is 11.1 Å². The molecule has 30 heavy (non-hydrogen) atoms. The van der Waals surface area contributed by atoms with E-state index in [1.165, 1.54) is 0 Å². The van der Waals surface area contributed by atoms with Gasteiger partial charge < -0.3 is 9.47 Å². The molecule has 1 amide bonds. The van der Waals surface area contributed by atoms with Crippen molar-refractivity contribution in [2.45, 2.75) is 24.9 Å². The van der Waals surface area contributed by atoms with Crippen LogP contribution in [0.15, 0.2) is 78.9 Å². The van der Waals surface area contributed by atoms with E-state index in [1.807, 2.05) is 61.5 Å². The molecule has 0 radical (unpaired) electrons. The molecule has 3 aromatic carbocycles. The number of carbonyl (C=O) groups excluding carboxylic acids is 2.